The number of aromatic carboxylic acids is 1. The van der Waals surface area contributed by atoms with Gasteiger partial charge in [0.2, 0.25) is 0 Å². The Hall–Kier alpha value is -0.630. The number of hydrogen-bond donors (Lipinski definition) is 5. The van der Waals surface area contributed by atoms with Crippen LogP contribution in [-0.2, 0) is 0 Å². The van der Waals surface area contributed by atoms with Crippen molar-refractivity contribution in [1.82, 2.24) is 0 Å². The molecule has 0 saturated heterocycles. The summed E-state index contributed by atoms with van der Waals surface area (Å²) in [5, 5.41) is 41.5. The fraction of sp³-hybridized carbons (Fsp3) is 0.533. The first-order chi connectivity index (χ1) is 9.79. The maximum atomic E-state index is 10.5. The predicted octanol–water partition coefficient (Wildman–Crippen LogP) is -0.999. The number of phenolic OH excluding ortho intramolecular Hbond substituents is 1. The average Bonchev–Trinajstić information content (AvgIpc) is 2.37. The Morgan fingerprint density at radius 1 is 1.27 bits per heavy atom. The molecular formula is C15H27NaO6. The van der Waals surface area contributed by atoms with Crippen LogP contribution in [0.3, 0.4) is 0 Å². The molecule has 0 atom stereocenters. The van der Waals surface area contributed by atoms with Gasteiger partial charge in [0.1, 0.15) is 5.75 Å². The first-order valence-electron chi connectivity index (χ1n) is 6.79. The van der Waals surface area contributed by atoms with Crippen LogP contribution in [0, 0.1) is 6.92 Å². The number of carboxylic acid groups (broad SMARTS) is 1. The Morgan fingerprint density at radius 2 is 1.77 bits per heavy atom. The number of phenols is 1. The van der Waals surface area contributed by atoms with Gasteiger partial charge in [0.15, 0.2) is 6.29 Å². The summed E-state index contributed by atoms with van der Waals surface area (Å²) in [5.74, 6) is -0.880. The first-order valence-corrected chi connectivity index (χ1v) is 6.79. The molecule has 0 amide bonds. The molecule has 0 fully saturated rings. The molecule has 5 N–H and O–H groups in total. The second kappa shape index (κ2) is 16.7. The number of hydrogen-bond acceptors (Lipinski definition) is 5. The van der Waals surface area contributed by atoms with Crippen LogP contribution in [-0.4, -0.2) is 44.4 Å². The van der Waals surface area contributed by atoms with Gasteiger partial charge in [0.05, 0.1) is 5.56 Å². The second-order valence-corrected chi connectivity index (χ2v) is 4.24. The van der Waals surface area contributed by atoms with E-state index in [2.05, 4.69) is 0 Å². The number of carbonyl (C=O) groups is 1. The van der Waals surface area contributed by atoms with Crippen LogP contribution < -0.4 is 29.6 Å². The fourth-order valence-corrected chi connectivity index (χ4v) is 1.27. The molecule has 0 bridgehead atoms. The van der Waals surface area contributed by atoms with Gasteiger partial charge in [-0.05, 0) is 50.5 Å². The van der Waals surface area contributed by atoms with Gasteiger partial charge < -0.3 is 27.0 Å². The smallest absolute Gasteiger partial charge is 1.00 e. The Labute approximate surface area is 155 Å². The van der Waals surface area contributed by atoms with Crippen molar-refractivity contribution < 1.29 is 61.3 Å². The summed E-state index contributed by atoms with van der Waals surface area (Å²) in [5.41, 5.74) is 0.792. The second-order valence-electron chi connectivity index (χ2n) is 4.24. The molecule has 0 unspecified atom stereocenters. The quantitative estimate of drug-likeness (QED) is 0.358. The molecule has 0 saturated carbocycles. The van der Waals surface area contributed by atoms with Crippen molar-refractivity contribution in [3.05, 3.63) is 29.3 Å². The number of benzene rings is 1. The molecule has 0 spiro atoms. The Bertz CT molecular complexity index is 402. The van der Waals surface area contributed by atoms with Crippen LogP contribution in [0.5, 0.6) is 5.75 Å². The van der Waals surface area contributed by atoms with Gasteiger partial charge in [0.25, 0.3) is 0 Å². The zero-order chi connectivity index (χ0) is 16.8. The molecule has 22 heavy (non-hydrogen) atoms. The van der Waals surface area contributed by atoms with Crippen molar-refractivity contribution in [3.63, 3.8) is 0 Å². The van der Waals surface area contributed by atoms with E-state index in [0.29, 0.717) is 12.0 Å². The number of aromatic hydroxyl groups is 1. The predicted molar refractivity (Wildman–Crippen MR) is 81.4 cm³/mol. The van der Waals surface area contributed by atoms with Crippen molar-refractivity contribution >= 4 is 5.97 Å². The normalized spacial score (nSPS) is 8.86. The van der Waals surface area contributed by atoms with Gasteiger partial charge in [-0.15, -0.1) is 0 Å². The maximum absolute atomic E-state index is 10.5. The third-order valence-corrected chi connectivity index (χ3v) is 2.26. The molecule has 0 radical (unpaired) electrons. The third kappa shape index (κ3) is 15.8. The van der Waals surface area contributed by atoms with Crippen molar-refractivity contribution in [2.45, 2.75) is 46.3 Å². The van der Waals surface area contributed by atoms with Crippen LogP contribution in [0.25, 0.3) is 0 Å². The molecule has 124 valence electrons. The minimum Gasteiger partial charge on any atom is -1.00 e. The van der Waals surface area contributed by atoms with Gasteiger partial charge in [0, 0.05) is 6.61 Å². The van der Waals surface area contributed by atoms with E-state index in [9.17, 15) is 4.79 Å². The Morgan fingerprint density at radius 3 is 2.05 bits per heavy atom. The number of aliphatic hydroxyl groups is 3. The van der Waals surface area contributed by atoms with Crippen molar-refractivity contribution in [2.24, 2.45) is 0 Å². The van der Waals surface area contributed by atoms with Crippen molar-refractivity contribution in [2.75, 3.05) is 6.61 Å². The van der Waals surface area contributed by atoms with Crippen LogP contribution in [0.15, 0.2) is 18.2 Å². The van der Waals surface area contributed by atoms with Crippen LogP contribution in [0.1, 0.15) is 50.5 Å². The molecule has 7 heteroatoms. The summed E-state index contributed by atoms with van der Waals surface area (Å²) in [7, 11) is 0. The zero-order valence-corrected chi connectivity index (χ0v) is 15.8. The van der Waals surface area contributed by atoms with Crippen molar-refractivity contribution in [1.29, 1.82) is 0 Å². The molecular weight excluding hydrogens is 299 g/mol. The van der Waals surface area contributed by atoms with E-state index in [-0.39, 0.29) is 48.9 Å². The summed E-state index contributed by atoms with van der Waals surface area (Å²) < 4.78 is 0. The molecule has 0 aromatic heterocycles. The molecule has 1 rings (SSSR count). The molecule has 0 aliphatic rings. The number of unbranched alkanes of at least 4 members (excludes halogenated alkanes) is 1. The van der Waals surface area contributed by atoms with E-state index in [4.69, 9.17) is 25.5 Å². The number of rotatable bonds is 4. The minimum absolute atomic E-state index is 0. The zero-order valence-electron chi connectivity index (χ0n) is 14.8. The molecule has 0 aliphatic heterocycles. The molecule has 6 nitrogen and oxygen atoms in total. The maximum Gasteiger partial charge on any atom is 1.00 e. The fourth-order valence-electron chi connectivity index (χ4n) is 1.27. The third-order valence-electron chi connectivity index (χ3n) is 2.26. The first kappa shape index (κ1) is 26.3. The van der Waals surface area contributed by atoms with E-state index >= 15 is 0 Å². The van der Waals surface area contributed by atoms with E-state index in [1.165, 1.54) is 18.2 Å². The van der Waals surface area contributed by atoms with Crippen LogP contribution in [0.2, 0.25) is 0 Å². The summed E-state index contributed by atoms with van der Waals surface area (Å²) in [6.45, 7) is 5.59. The van der Waals surface area contributed by atoms with Crippen molar-refractivity contribution in [3.8, 4) is 5.75 Å². The number of aliphatic hydroxyl groups excluding tert-OH is 2. The summed E-state index contributed by atoms with van der Waals surface area (Å²) in [4.78, 5) is 10.5. The molecule has 0 heterocycles. The standard InChI is InChI=1S/C8H8O3.C5H12O2.C2H6O.Na.H/c1-5-4-6(9)2-3-7(5)8(10)11;1-2-3-4-5(6)7;1-2-3;;/h2-4,9H,1H3,(H,10,11);5-7H,2-4H2,1H3;3H,2H2,1H3;;/q;;;+1;-1. The van der Waals surface area contributed by atoms with Gasteiger partial charge in [-0.25, -0.2) is 4.79 Å². The minimum atomic E-state index is -1.10. The van der Waals surface area contributed by atoms with Gasteiger partial charge >= 0.3 is 35.5 Å². The molecule has 0 aliphatic carbocycles. The Kier molecular flexibility index (Phi) is 20.0. The van der Waals surface area contributed by atoms with E-state index in [1.807, 2.05) is 6.92 Å². The SMILES string of the molecule is CCCCC(O)O.CCO.Cc1cc(O)ccc1C(=O)O.[H-].[Na+]. The summed E-state index contributed by atoms with van der Waals surface area (Å²) in [6, 6.07) is 4.16. The van der Waals surface area contributed by atoms with Crippen LogP contribution in [0.4, 0.5) is 0 Å². The summed E-state index contributed by atoms with van der Waals surface area (Å²) in [6.07, 6.45) is 1.34. The Balaban J connectivity index is -0.000000132. The largest absolute Gasteiger partial charge is 1.00 e. The summed E-state index contributed by atoms with van der Waals surface area (Å²) >= 11 is 0. The number of aryl methyl sites for hydroxylation is 1. The topological polar surface area (TPSA) is 118 Å². The van der Waals surface area contributed by atoms with Gasteiger partial charge in [-0.1, -0.05) is 13.3 Å². The molecule has 1 aromatic carbocycles. The van der Waals surface area contributed by atoms with E-state index in [1.54, 1.807) is 13.8 Å². The van der Waals surface area contributed by atoms with Gasteiger partial charge in [-0.3, -0.25) is 0 Å². The van der Waals surface area contributed by atoms with Gasteiger partial charge in [-0.2, -0.15) is 0 Å². The average molecular weight is 326 g/mol. The van der Waals surface area contributed by atoms with E-state index in [0.717, 1.165) is 12.8 Å². The monoisotopic (exact) mass is 326 g/mol. The van der Waals surface area contributed by atoms with Crippen LogP contribution >= 0.6 is 0 Å². The molecule has 1 aromatic rings. The van der Waals surface area contributed by atoms with E-state index < -0.39 is 12.3 Å². The number of carboxylic acids is 1.